The van der Waals surface area contributed by atoms with Crippen LogP contribution in [0.5, 0.6) is 0 Å². The van der Waals surface area contributed by atoms with E-state index in [2.05, 4.69) is 4.72 Å². The number of hydrogen-bond donors (Lipinski definition) is 1. The van der Waals surface area contributed by atoms with E-state index >= 15 is 0 Å². The normalized spacial score (nSPS) is 18.8. The molecular weight excluding hydrogens is 118 g/mol. The Morgan fingerprint density at radius 1 is 1.25 bits per heavy atom. The van der Waals surface area contributed by atoms with E-state index in [4.69, 9.17) is 0 Å². The van der Waals surface area contributed by atoms with E-state index in [1.54, 1.807) is 0 Å². The van der Waals surface area contributed by atoms with Gasteiger partial charge in [0.1, 0.15) is 0 Å². The van der Waals surface area contributed by atoms with E-state index in [0.29, 0.717) is 0 Å². The lowest BCUT2D eigenvalue weighted by atomic mass is 10.3. The highest BCUT2D eigenvalue weighted by Crippen LogP contribution is 2.04. The topological polar surface area (TPSA) is 12.0 Å². The summed E-state index contributed by atoms with van der Waals surface area (Å²) in [6.07, 6.45) is 2.77. The van der Waals surface area contributed by atoms with E-state index in [9.17, 15) is 0 Å². The van der Waals surface area contributed by atoms with Crippen molar-refractivity contribution in [2.24, 2.45) is 0 Å². The summed E-state index contributed by atoms with van der Waals surface area (Å²) < 4.78 is 3.20. The standard InChI is InChI=1S/C4H9NS.C2H6/c1-2-4-6-5-3-1;1-2/h5H,1-4H2;1-2H3. The second kappa shape index (κ2) is 7.31. The van der Waals surface area contributed by atoms with Crippen LogP contribution in [-0.4, -0.2) is 12.3 Å². The summed E-state index contributed by atoms with van der Waals surface area (Å²) in [5.41, 5.74) is 0. The summed E-state index contributed by atoms with van der Waals surface area (Å²) in [5.74, 6) is 1.31. The first kappa shape index (κ1) is 8.31. The zero-order valence-corrected chi connectivity index (χ0v) is 6.55. The molecule has 1 N–H and O–H groups in total. The molecule has 8 heavy (non-hydrogen) atoms. The fourth-order valence-electron chi connectivity index (χ4n) is 0.516. The maximum atomic E-state index is 3.20. The van der Waals surface area contributed by atoms with E-state index < -0.39 is 0 Å². The Balaban J connectivity index is 0.000000222. The highest BCUT2D eigenvalue weighted by Gasteiger charge is 1.94. The number of hydrogen-bond acceptors (Lipinski definition) is 2. The van der Waals surface area contributed by atoms with Gasteiger partial charge in [-0.15, -0.1) is 0 Å². The van der Waals surface area contributed by atoms with Crippen LogP contribution in [0.25, 0.3) is 0 Å². The molecule has 0 spiro atoms. The van der Waals surface area contributed by atoms with Gasteiger partial charge in [0.2, 0.25) is 0 Å². The van der Waals surface area contributed by atoms with Crippen molar-refractivity contribution in [1.29, 1.82) is 0 Å². The predicted molar refractivity (Wildman–Crippen MR) is 41.0 cm³/mol. The van der Waals surface area contributed by atoms with E-state index in [1.165, 1.54) is 25.1 Å². The highest BCUT2D eigenvalue weighted by molar-refractivity contribution is 7.97. The molecule has 1 rings (SSSR count). The Kier molecular flexibility index (Phi) is 7.59. The molecule has 1 aliphatic heterocycles. The zero-order chi connectivity index (χ0) is 6.24. The molecule has 0 aliphatic carbocycles. The van der Waals surface area contributed by atoms with Crippen LogP contribution >= 0.6 is 11.9 Å². The molecule has 1 saturated heterocycles. The third kappa shape index (κ3) is 4.47. The molecular formula is C6H15NS. The Morgan fingerprint density at radius 3 is 2.12 bits per heavy atom. The SMILES string of the molecule is C1CCSNC1.CC. The molecule has 0 saturated carbocycles. The van der Waals surface area contributed by atoms with Gasteiger partial charge in [0.15, 0.2) is 0 Å². The number of nitrogens with one attached hydrogen (secondary N) is 1. The Hall–Kier alpha value is 0.310. The smallest absolute Gasteiger partial charge is 0.00791 e. The molecule has 0 aromatic carbocycles. The predicted octanol–water partition coefficient (Wildman–Crippen LogP) is 2.04. The first-order valence-corrected chi connectivity index (χ1v) is 4.33. The minimum absolute atomic E-state index is 1.21. The van der Waals surface area contributed by atoms with Gasteiger partial charge in [0.25, 0.3) is 0 Å². The monoisotopic (exact) mass is 133 g/mol. The van der Waals surface area contributed by atoms with E-state index in [0.717, 1.165) is 0 Å². The molecule has 0 unspecified atom stereocenters. The van der Waals surface area contributed by atoms with Crippen molar-refractivity contribution in [3.8, 4) is 0 Å². The van der Waals surface area contributed by atoms with Crippen molar-refractivity contribution in [3.05, 3.63) is 0 Å². The van der Waals surface area contributed by atoms with Gasteiger partial charge in [0.05, 0.1) is 0 Å². The fraction of sp³-hybridized carbons (Fsp3) is 1.00. The first-order chi connectivity index (χ1) is 4.00. The summed E-state index contributed by atoms with van der Waals surface area (Å²) in [6, 6.07) is 0. The summed E-state index contributed by atoms with van der Waals surface area (Å²) in [7, 11) is 0. The molecule has 1 heterocycles. The molecule has 0 radical (unpaired) electrons. The third-order valence-electron chi connectivity index (χ3n) is 0.877. The van der Waals surface area contributed by atoms with Gasteiger partial charge >= 0.3 is 0 Å². The van der Waals surface area contributed by atoms with Crippen LogP contribution in [0.3, 0.4) is 0 Å². The second-order valence-corrected chi connectivity index (χ2v) is 2.44. The molecule has 1 nitrogen and oxygen atoms in total. The lowest BCUT2D eigenvalue weighted by Gasteiger charge is -2.07. The first-order valence-electron chi connectivity index (χ1n) is 3.35. The third-order valence-corrected chi connectivity index (χ3v) is 1.78. The molecule has 1 aliphatic rings. The van der Waals surface area contributed by atoms with Gasteiger partial charge in [0, 0.05) is 12.3 Å². The largest absolute Gasteiger partial charge is 0.264 e. The quantitative estimate of drug-likeness (QED) is 0.507. The van der Waals surface area contributed by atoms with Gasteiger partial charge in [-0.2, -0.15) is 0 Å². The summed E-state index contributed by atoms with van der Waals surface area (Å²) in [6.45, 7) is 5.21. The molecule has 0 aromatic rings. The van der Waals surface area contributed by atoms with Crippen molar-refractivity contribution in [1.82, 2.24) is 4.72 Å². The van der Waals surface area contributed by atoms with Crippen molar-refractivity contribution in [2.75, 3.05) is 12.3 Å². The summed E-state index contributed by atoms with van der Waals surface area (Å²) in [4.78, 5) is 0. The second-order valence-electron chi connectivity index (χ2n) is 1.45. The minimum Gasteiger partial charge on any atom is -0.264 e. The number of rotatable bonds is 0. The van der Waals surface area contributed by atoms with Gasteiger partial charge in [-0.3, -0.25) is 4.72 Å². The summed E-state index contributed by atoms with van der Waals surface area (Å²) in [5, 5.41) is 0. The molecule has 0 aromatic heterocycles. The molecule has 2 heteroatoms. The summed E-state index contributed by atoms with van der Waals surface area (Å²) >= 11 is 1.84. The lowest BCUT2D eigenvalue weighted by molar-refractivity contribution is 0.754. The van der Waals surface area contributed by atoms with Crippen molar-refractivity contribution >= 4 is 11.9 Å². The fourth-order valence-corrected chi connectivity index (χ4v) is 1.30. The van der Waals surface area contributed by atoms with Gasteiger partial charge in [-0.05, 0) is 12.8 Å². The lowest BCUT2D eigenvalue weighted by Crippen LogP contribution is -2.11. The van der Waals surface area contributed by atoms with Crippen molar-refractivity contribution in [2.45, 2.75) is 26.7 Å². The van der Waals surface area contributed by atoms with Gasteiger partial charge in [-0.25, -0.2) is 0 Å². The van der Waals surface area contributed by atoms with Crippen molar-refractivity contribution in [3.63, 3.8) is 0 Å². The van der Waals surface area contributed by atoms with Crippen LogP contribution in [0.4, 0.5) is 0 Å². The Morgan fingerprint density at radius 2 is 2.00 bits per heavy atom. The van der Waals surface area contributed by atoms with Crippen molar-refractivity contribution < 1.29 is 0 Å². The van der Waals surface area contributed by atoms with Crippen LogP contribution in [0, 0.1) is 0 Å². The van der Waals surface area contributed by atoms with Gasteiger partial charge < -0.3 is 0 Å². The molecule has 1 fully saturated rings. The van der Waals surface area contributed by atoms with E-state index in [1.807, 2.05) is 25.8 Å². The van der Waals surface area contributed by atoms with Crippen LogP contribution < -0.4 is 4.72 Å². The van der Waals surface area contributed by atoms with Crippen LogP contribution in [-0.2, 0) is 0 Å². The van der Waals surface area contributed by atoms with Crippen LogP contribution in [0.15, 0.2) is 0 Å². The minimum atomic E-state index is 1.21. The average molecular weight is 133 g/mol. The average Bonchev–Trinajstić information content (AvgIpc) is 1.96. The molecule has 50 valence electrons. The zero-order valence-electron chi connectivity index (χ0n) is 5.74. The highest BCUT2D eigenvalue weighted by atomic mass is 32.2. The van der Waals surface area contributed by atoms with Crippen LogP contribution in [0.1, 0.15) is 26.7 Å². The maximum absolute atomic E-state index is 3.20. The Bertz CT molecular complexity index is 24.0. The van der Waals surface area contributed by atoms with E-state index in [-0.39, 0.29) is 0 Å². The maximum Gasteiger partial charge on any atom is 0.00791 e. The Labute approximate surface area is 56.4 Å². The molecule has 0 atom stereocenters. The molecule has 0 bridgehead atoms. The van der Waals surface area contributed by atoms with Crippen LogP contribution in [0.2, 0.25) is 0 Å². The van der Waals surface area contributed by atoms with Gasteiger partial charge in [-0.1, -0.05) is 25.8 Å². The molecule has 0 amide bonds.